The quantitative estimate of drug-likeness (QED) is 0.613. The highest BCUT2D eigenvalue weighted by atomic mass is 32.2. The minimum atomic E-state index is -3.28. The van der Waals surface area contributed by atoms with Gasteiger partial charge < -0.3 is 4.74 Å². The van der Waals surface area contributed by atoms with Crippen molar-refractivity contribution in [3.63, 3.8) is 0 Å². The molecule has 4 rings (SSSR count). The zero-order valence-corrected chi connectivity index (χ0v) is 17.7. The van der Waals surface area contributed by atoms with Gasteiger partial charge in [0, 0.05) is 17.0 Å². The minimum Gasteiger partial charge on any atom is -0.493 e. The summed E-state index contributed by atoms with van der Waals surface area (Å²) >= 11 is 1.58. The number of sulfonamides is 1. The molecule has 0 bridgehead atoms. The molecule has 7 heteroatoms. The molecule has 0 saturated carbocycles. The van der Waals surface area contributed by atoms with Crippen LogP contribution in [-0.2, 0) is 16.4 Å². The first-order valence-corrected chi connectivity index (χ1v) is 11.9. The summed E-state index contributed by atoms with van der Waals surface area (Å²) in [4.78, 5) is 4.81. The van der Waals surface area contributed by atoms with Crippen molar-refractivity contribution in [3.8, 4) is 27.6 Å². The van der Waals surface area contributed by atoms with Gasteiger partial charge in [0.25, 0.3) is 0 Å². The molecule has 1 atom stereocenters. The molecule has 2 aromatic carbocycles. The van der Waals surface area contributed by atoms with E-state index in [4.69, 9.17) is 9.72 Å². The van der Waals surface area contributed by atoms with E-state index in [1.54, 1.807) is 11.3 Å². The average Bonchev–Trinajstić information content (AvgIpc) is 3.25. The normalized spacial score (nSPS) is 16.2. The molecular weight excluding hydrogens is 392 g/mol. The highest BCUT2D eigenvalue weighted by Crippen LogP contribution is 2.39. The summed E-state index contributed by atoms with van der Waals surface area (Å²) < 4.78 is 31.5. The highest BCUT2D eigenvalue weighted by Gasteiger charge is 2.32. The van der Waals surface area contributed by atoms with Crippen LogP contribution in [0.1, 0.15) is 19.4 Å². The lowest BCUT2D eigenvalue weighted by Gasteiger charge is -2.21. The van der Waals surface area contributed by atoms with Gasteiger partial charge in [-0.15, -0.1) is 11.3 Å². The van der Waals surface area contributed by atoms with E-state index in [2.05, 4.69) is 6.07 Å². The van der Waals surface area contributed by atoms with Crippen molar-refractivity contribution in [3.05, 3.63) is 53.4 Å². The smallest absolute Gasteiger partial charge is 0.232 e. The van der Waals surface area contributed by atoms with Gasteiger partial charge in [-0.2, -0.15) is 0 Å². The van der Waals surface area contributed by atoms with E-state index in [1.807, 2.05) is 55.6 Å². The van der Waals surface area contributed by atoms with E-state index in [9.17, 15) is 8.42 Å². The summed E-state index contributed by atoms with van der Waals surface area (Å²) in [7, 11) is -3.28. The van der Waals surface area contributed by atoms with E-state index in [0.29, 0.717) is 13.0 Å². The van der Waals surface area contributed by atoms with Crippen LogP contribution in [0.25, 0.3) is 21.8 Å². The molecule has 0 spiro atoms. The van der Waals surface area contributed by atoms with Crippen molar-refractivity contribution < 1.29 is 13.2 Å². The maximum Gasteiger partial charge on any atom is 0.232 e. The van der Waals surface area contributed by atoms with Gasteiger partial charge in [0.05, 0.1) is 29.8 Å². The van der Waals surface area contributed by atoms with E-state index >= 15 is 0 Å². The van der Waals surface area contributed by atoms with Crippen molar-refractivity contribution >= 4 is 27.0 Å². The lowest BCUT2D eigenvalue weighted by atomic mass is 10.1. The van der Waals surface area contributed by atoms with Crippen LogP contribution in [0, 0.1) is 0 Å². The van der Waals surface area contributed by atoms with Crippen LogP contribution in [-0.4, -0.2) is 32.3 Å². The van der Waals surface area contributed by atoms with Gasteiger partial charge in [-0.25, -0.2) is 13.4 Å². The number of aromatic nitrogens is 1. The van der Waals surface area contributed by atoms with Gasteiger partial charge in [0.15, 0.2) is 0 Å². The fourth-order valence-electron chi connectivity index (χ4n) is 3.72. The fourth-order valence-corrected chi connectivity index (χ4v) is 5.84. The molecule has 0 fully saturated rings. The van der Waals surface area contributed by atoms with Gasteiger partial charge in [-0.3, -0.25) is 4.31 Å². The molecule has 0 amide bonds. The SMILES string of the molecule is CCOc1ccccc1-c1nc(-c2ccc3c(c2)CC(C)N3S(C)(=O)=O)cs1. The van der Waals surface area contributed by atoms with Crippen LogP contribution >= 0.6 is 11.3 Å². The van der Waals surface area contributed by atoms with Crippen molar-refractivity contribution in [1.29, 1.82) is 0 Å². The van der Waals surface area contributed by atoms with E-state index < -0.39 is 10.0 Å². The molecule has 1 unspecified atom stereocenters. The number of fused-ring (bicyclic) bond motifs is 1. The number of para-hydroxylation sites is 1. The van der Waals surface area contributed by atoms with Crippen LogP contribution in [0.2, 0.25) is 0 Å². The Hall–Kier alpha value is -2.38. The summed E-state index contributed by atoms with van der Waals surface area (Å²) in [5.41, 5.74) is 4.69. The number of ether oxygens (including phenoxy) is 1. The minimum absolute atomic E-state index is 0.0654. The van der Waals surface area contributed by atoms with Crippen LogP contribution < -0.4 is 9.04 Å². The summed E-state index contributed by atoms with van der Waals surface area (Å²) in [6.07, 6.45) is 1.97. The number of rotatable bonds is 5. The topological polar surface area (TPSA) is 59.5 Å². The Labute approximate surface area is 169 Å². The zero-order chi connectivity index (χ0) is 19.9. The molecule has 2 heterocycles. The van der Waals surface area contributed by atoms with Crippen molar-refractivity contribution in [2.45, 2.75) is 26.3 Å². The lowest BCUT2D eigenvalue weighted by molar-refractivity contribution is 0.341. The van der Waals surface area contributed by atoms with Crippen molar-refractivity contribution in [2.75, 3.05) is 17.2 Å². The van der Waals surface area contributed by atoms with Crippen LogP contribution in [0.4, 0.5) is 5.69 Å². The molecule has 0 radical (unpaired) electrons. The molecule has 1 aromatic heterocycles. The summed E-state index contributed by atoms with van der Waals surface area (Å²) in [5, 5.41) is 2.94. The van der Waals surface area contributed by atoms with Crippen LogP contribution in [0.3, 0.4) is 0 Å². The number of thiazole rings is 1. The highest BCUT2D eigenvalue weighted by molar-refractivity contribution is 7.92. The predicted octanol–water partition coefficient (Wildman–Crippen LogP) is 4.59. The maximum absolute atomic E-state index is 12.1. The van der Waals surface area contributed by atoms with Gasteiger partial charge in [0.2, 0.25) is 10.0 Å². The standard InChI is InChI=1S/C21H22N2O3S2/c1-4-26-20-8-6-5-7-17(20)21-22-18(13-27-21)15-9-10-19-16(12-15)11-14(2)23(19)28(3,24)25/h5-10,12-14H,4,11H2,1-3H3. The van der Waals surface area contributed by atoms with Crippen LogP contribution in [0.5, 0.6) is 5.75 Å². The third-order valence-electron chi connectivity index (χ3n) is 4.81. The second-order valence-corrected chi connectivity index (χ2v) is 9.64. The van der Waals surface area contributed by atoms with Crippen LogP contribution in [0.15, 0.2) is 47.8 Å². The van der Waals surface area contributed by atoms with E-state index in [0.717, 1.165) is 38.8 Å². The average molecular weight is 415 g/mol. The third kappa shape index (κ3) is 3.40. The van der Waals surface area contributed by atoms with E-state index in [1.165, 1.54) is 10.6 Å². The molecule has 1 aliphatic heterocycles. The summed E-state index contributed by atoms with van der Waals surface area (Å²) in [6.45, 7) is 4.51. The zero-order valence-electron chi connectivity index (χ0n) is 16.0. The van der Waals surface area contributed by atoms with Gasteiger partial charge in [-0.1, -0.05) is 18.2 Å². The van der Waals surface area contributed by atoms with Crippen molar-refractivity contribution in [2.24, 2.45) is 0 Å². The first kappa shape index (κ1) is 19.0. The second kappa shape index (κ2) is 7.22. The Kier molecular flexibility index (Phi) is 4.89. The molecule has 5 nitrogen and oxygen atoms in total. The number of benzene rings is 2. The second-order valence-electron chi connectivity index (χ2n) is 6.92. The Balaban J connectivity index is 1.69. The molecule has 1 aliphatic rings. The first-order valence-electron chi connectivity index (χ1n) is 9.19. The monoisotopic (exact) mass is 414 g/mol. The Morgan fingerprint density at radius 1 is 1.25 bits per heavy atom. The molecule has 28 heavy (non-hydrogen) atoms. The predicted molar refractivity (Wildman–Crippen MR) is 115 cm³/mol. The first-order chi connectivity index (χ1) is 13.4. The van der Waals surface area contributed by atoms with Gasteiger partial charge >= 0.3 is 0 Å². The Morgan fingerprint density at radius 2 is 2.04 bits per heavy atom. The number of anilines is 1. The Bertz CT molecular complexity index is 1120. The number of nitrogens with zero attached hydrogens (tertiary/aromatic N) is 2. The van der Waals surface area contributed by atoms with E-state index in [-0.39, 0.29) is 6.04 Å². The Morgan fingerprint density at radius 3 is 2.79 bits per heavy atom. The van der Waals surface area contributed by atoms with Crippen molar-refractivity contribution in [1.82, 2.24) is 4.98 Å². The summed E-state index contributed by atoms with van der Waals surface area (Å²) in [5.74, 6) is 0.831. The number of hydrogen-bond acceptors (Lipinski definition) is 5. The van der Waals surface area contributed by atoms with Gasteiger partial charge in [0.1, 0.15) is 10.8 Å². The largest absolute Gasteiger partial charge is 0.493 e. The molecule has 146 valence electrons. The van der Waals surface area contributed by atoms with Gasteiger partial charge in [-0.05, 0) is 50.1 Å². The number of hydrogen-bond donors (Lipinski definition) is 0. The third-order valence-corrected chi connectivity index (χ3v) is 6.95. The summed E-state index contributed by atoms with van der Waals surface area (Å²) in [6, 6.07) is 13.7. The molecule has 3 aromatic rings. The lowest BCUT2D eigenvalue weighted by Crippen LogP contribution is -2.34. The maximum atomic E-state index is 12.1. The molecule has 0 saturated heterocycles. The molecular formula is C21H22N2O3S2. The molecule has 0 aliphatic carbocycles. The molecule has 0 N–H and O–H groups in total. The fraction of sp³-hybridized carbons (Fsp3) is 0.286.